The molecule has 1 N–H and O–H groups in total. The number of nitrogens with one attached hydrogen (secondary N) is 1. The predicted octanol–water partition coefficient (Wildman–Crippen LogP) is 4.08. The maximum atomic E-state index is 12.9. The average molecular weight is 397 g/mol. The highest BCUT2D eigenvalue weighted by Crippen LogP contribution is 2.36. The maximum Gasteiger partial charge on any atom is 0.326 e. The molecule has 7 heteroatoms. The van der Waals surface area contributed by atoms with E-state index in [9.17, 15) is 9.59 Å². The number of benzene rings is 1. The fourth-order valence-electron chi connectivity index (χ4n) is 3.76. The highest BCUT2D eigenvalue weighted by atomic mass is 32.2. The standard InChI is InChI=1S/C21H24N4O2S/c1-14-13-15(2)22-19-18(14)25(11-12-28-19)21(27)23-17-7-5-16(6-8-17)20(26)24-9-3-4-10-24/h5-8,13H,3-4,9-12H2,1-2H3,(H,23,27). The summed E-state index contributed by atoms with van der Waals surface area (Å²) < 4.78 is 0. The van der Waals surface area contributed by atoms with Crippen LogP contribution < -0.4 is 10.2 Å². The number of thioether (sulfide) groups is 1. The molecule has 0 aliphatic carbocycles. The van der Waals surface area contributed by atoms with Gasteiger partial charge >= 0.3 is 6.03 Å². The van der Waals surface area contributed by atoms with Gasteiger partial charge in [0.05, 0.1) is 5.69 Å². The largest absolute Gasteiger partial charge is 0.339 e. The summed E-state index contributed by atoms with van der Waals surface area (Å²) in [5, 5.41) is 3.86. The minimum absolute atomic E-state index is 0.0643. The quantitative estimate of drug-likeness (QED) is 0.831. The van der Waals surface area contributed by atoms with E-state index in [1.165, 1.54) is 0 Å². The Morgan fingerprint density at radius 1 is 1.07 bits per heavy atom. The van der Waals surface area contributed by atoms with E-state index in [1.54, 1.807) is 40.9 Å². The van der Waals surface area contributed by atoms with Crippen molar-refractivity contribution >= 4 is 35.1 Å². The summed E-state index contributed by atoms with van der Waals surface area (Å²) >= 11 is 1.69. The van der Waals surface area contributed by atoms with Crippen LogP contribution in [-0.2, 0) is 0 Å². The van der Waals surface area contributed by atoms with Crippen LogP contribution in [0, 0.1) is 13.8 Å². The number of carbonyl (C=O) groups is 2. The molecule has 1 fully saturated rings. The highest BCUT2D eigenvalue weighted by molar-refractivity contribution is 7.99. The lowest BCUT2D eigenvalue weighted by molar-refractivity contribution is 0.0793. The minimum Gasteiger partial charge on any atom is -0.339 e. The van der Waals surface area contributed by atoms with Crippen molar-refractivity contribution in [3.63, 3.8) is 0 Å². The molecule has 0 radical (unpaired) electrons. The first-order valence-corrected chi connectivity index (χ1v) is 10.6. The van der Waals surface area contributed by atoms with Gasteiger partial charge in [-0.25, -0.2) is 9.78 Å². The van der Waals surface area contributed by atoms with Crippen LogP contribution in [-0.4, -0.2) is 47.2 Å². The molecule has 1 saturated heterocycles. The number of nitrogens with zero attached hydrogens (tertiary/aromatic N) is 3. The molecule has 2 aliphatic heterocycles. The van der Waals surface area contributed by atoms with Gasteiger partial charge in [0.15, 0.2) is 0 Å². The first kappa shape index (κ1) is 18.8. The smallest absolute Gasteiger partial charge is 0.326 e. The van der Waals surface area contributed by atoms with Crippen molar-refractivity contribution in [3.05, 3.63) is 47.2 Å². The van der Waals surface area contributed by atoms with Crippen LogP contribution in [0.15, 0.2) is 35.4 Å². The Balaban J connectivity index is 1.48. The number of fused-ring (bicyclic) bond motifs is 1. The number of urea groups is 1. The van der Waals surface area contributed by atoms with Crippen molar-refractivity contribution in [2.75, 3.05) is 35.6 Å². The first-order chi connectivity index (χ1) is 13.5. The van der Waals surface area contributed by atoms with Gasteiger partial charge in [0.25, 0.3) is 5.91 Å². The van der Waals surface area contributed by atoms with Crippen molar-refractivity contribution < 1.29 is 9.59 Å². The van der Waals surface area contributed by atoms with Crippen LogP contribution in [0.1, 0.15) is 34.5 Å². The number of rotatable bonds is 2. The molecule has 2 aliphatic rings. The molecule has 0 spiro atoms. The van der Waals surface area contributed by atoms with Crippen LogP contribution >= 0.6 is 11.8 Å². The van der Waals surface area contributed by atoms with E-state index in [4.69, 9.17) is 0 Å². The minimum atomic E-state index is -0.172. The van der Waals surface area contributed by atoms with Crippen molar-refractivity contribution in [2.24, 2.45) is 0 Å². The molecular formula is C21H24N4O2S. The van der Waals surface area contributed by atoms with Crippen molar-refractivity contribution in [2.45, 2.75) is 31.7 Å². The average Bonchev–Trinajstić information content (AvgIpc) is 3.22. The van der Waals surface area contributed by atoms with E-state index < -0.39 is 0 Å². The molecule has 3 amide bonds. The third-order valence-electron chi connectivity index (χ3n) is 5.12. The summed E-state index contributed by atoms with van der Waals surface area (Å²) in [6.07, 6.45) is 2.15. The molecule has 28 heavy (non-hydrogen) atoms. The van der Waals surface area contributed by atoms with Gasteiger partial charge in [0.2, 0.25) is 0 Å². The van der Waals surface area contributed by atoms with Gasteiger partial charge < -0.3 is 10.2 Å². The molecule has 1 aromatic heterocycles. The van der Waals surface area contributed by atoms with E-state index >= 15 is 0 Å². The molecule has 1 aromatic carbocycles. The third kappa shape index (κ3) is 3.71. The normalized spacial score (nSPS) is 16.1. The van der Waals surface area contributed by atoms with E-state index in [0.717, 1.165) is 53.7 Å². The number of carbonyl (C=O) groups excluding carboxylic acids is 2. The zero-order chi connectivity index (χ0) is 19.7. The van der Waals surface area contributed by atoms with Gasteiger partial charge in [-0.15, -0.1) is 11.8 Å². The number of amides is 3. The molecule has 0 atom stereocenters. The lowest BCUT2D eigenvalue weighted by Crippen LogP contribution is -2.39. The molecule has 146 valence electrons. The second kappa shape index (κ2) is 7.83. The fraction of sp³-hybridized carbons (Fsp3) is 0.381. The first-order valence-electron chi connectivity index (χ1n) is 9.62. The van der Waals surface area contributed by atoms with Gasteiger partial charge in [0.1, 0.15) is 5.03 Å². The molecular weight excluding hydrogens is 372 g/mol. The van der Waals surface area contributed by atoms with Crippen molar-refractivity contribution in [3.8, 4) is 0 Å². The number of aromatic nitrogens is 1. The van der Waals surface area contributed by atoms with Gasteiger partial charge in [-0.3, -0.25) is 9.69 Å². The summed E-state index contributed by atoms with van der Waals surface area (Å²) in [6.45, 7) is 6.28. The predicted molar refractivity (Wildman–Crippen MR) is 112 cm³/mol. The van der Waals surface area contributed by atoms with Crippen LogP contribution in [0.4, 0.5) is 16.2 Å². The monoisotopic (exact) mass is 396 g/mol. The van der Waals surface area contributed by atoms with Crippen LogP contribution in [0.3, 0.4) is 0 Å². The summed E-state index contributed by atoms with van der Waals surface area (Å²) in [5.74, 6) is 0.883. The summed E-state index contributed by atoms with van der Waals surface area (Å²) in [4.78, 5) is 33.6. The van der Waals surface area contributed by atoms with Crippen molar-refractivity contribution in [1.82, 2.24) is 9.88 Å². The molecule has 6 nitrogen and oxygen atoms in total. The molecule has 0 unspecified atom stereocenters. The number of likely N-dealkylation sites (tertiary alicyclic amines) is 1. The Hall–Kier alpha value is -2.54. The summed E-state index contributed by atoms with van der Waals surface area (Å²) in [6, 6.07) is 8.99. The second-order valence-corrected chi connectivity index (χ2v) is 8.32. The highest BCUT2D eigenvalue weighted by Gasteiger charge is 2.26. The van der Waals surface area contributed by atoms with E-state index in [0.29, 0.717) is 17.8 Å². The fourth-order valence-corrected chi connectivity index (χ4v) is 4.85. The van der Waals surface area contributed by atoms with E-state index in [1.807, 2.05) is 24.8 Å². The zero-order valence-corrected chi connectivity index (χ0v) is 17.0. The van der Waals surface area contributed by atoms with Crippen molar-refractivity contribution in [1.29, 1.82) is 0 Å². The van der Waals surface area contributed by atoms with Gasteiger partial charge in [-0.1, -0.05) is 0 Å². The number of hydrogen-bond donors (Lipinski definition) is 1. The summed E-state index contributed by atoms with van der Waals surface area (Å²) in [5.41, 5.74) is 4.25. The maximum absolute atomic E-state index is 12.9. The SMILES string of the molecule is Cc1cc(C)c2c(n1)SCCN2C(=O)Nc1ccc(C(=O)N2CCCC2)cc1. The molecule has 4 rings (SSSR count). The Kier molecular flexibility index (Phi) is 5.26. The van der Waals surface area contributed by atoms with E-state index in [2.05, 4.69) is 10.3 Å². The number of pyridine rings is 1. The molecule has 0 saturated carbocycles. The number of aryl methyl sites for hydroxylation is 2. The zero-order valence-electron chi connectivity index (χ0n) is 16.2. The Bertz CT molecular complexity index is 907. The molecule has 3 heterocycles. The number of anilines is 2. The topological polar surface area (TPSA) is 65.5 Å². The van der Waals surface area contributed by atoms with Gasteiger partial charge in [-0.05, 0) is 62.6 Å². The van der Waals surface area contributed by atoms with Gasteiger partial charge in [0, 0.05) is 42.3 Å². The lowest BCUT2D eigenvalue weighted by atomic mass is 10.2. The Morgan fingerprint density at radius 3 is 2.50 bits per heavy atom. The third-order valence-corrected chi connectivity index (χ3v) is 6.07. The van der Waals surface area contributed by atoms with E-state index in [-0.39, 0.29) is 11.9 Å². The Morgan fingerprint density at radius 2 is 1.79 bits per heavy atom. The summed E-state index contributed by atoms with van der Waals surface area (Å²) in [7, 11) is 0. The number of hydrogen-bond acceptors (Lipinski definition) is 4. The lowest BCUT2D eigenvalue weighted by Gasteiger charge is -2.30. The Labute approximate surface area is 169 Å². The second-order valence-electron chi connectivity index (χ2n) is 7.24. The molecule has 0 bridgehead atoms. The molecule has 2 aromatic rings. The van der Waals surface area contributed by atoms with Crippen LogP contribution in [0.5, 0.6) is 0 Å². The van der Waals surface area contributed by atoms with Crippen LogP contribution in [0.2, 0.25) is 0 Å². The van der Waals surface area contributed by atoms with Gasteiger partial charge in [-0.2, -0.15) is 0 Å². The van der Waals surface area contributed by atoms with Crippen LogP contribution in [0.25, 0.3) is 0 Å².